The molecule has 8 nitrogen and oxygen atoms in total. The van der Waals surface area contributed by atoms with Crippen LogP contribution in [-0.4, -0.2) is 64.0 Å². The van der Waals surface area contributed by atoms with Gasteiger partial charge in [-0.25, -0.2) is 4.39 Å². The zero-order valence-corrected chi connectivity index (χ0v) is 17.8. The lowest BCUT2D eigenvalue weighted by Gasteiger charge is -2.33. The van der Waals surface area contributed by atoms with Crippen molar-refractivity contribution in [3.05, 3.63) is 42.6 Å². The van der Waals surface area contributed by atoms with Gasteiger partial charge in [0.25, 0.3) is 0 Å². The molecule has 0 unspecified atom stereocenters. The predicted octanol–water partition coefficient (Wildman–Crippen LogP) is 2.98. The maximum atomic E-state index is 13.0. The summed E-state index contributed by atoms with van der Waals surface area (Å²) in [6.07, 6.45) is 3.23. The van der Waals surface area contributed by atoms with Crippen molar-refractivity contribution >= 4 is 5.82 Å². The molecule has 1 aliphatic carbocycles. The lowest BCUT2D eigenvalue weighted by atomic mass is 9.90. The van der Waals surface area contributed by atoms with Crippen LogP contribution in [0.25, 0.3) is 22.4 Å². The Morgan fingerprint density at radius 1 is 1.06 bits per heavy atom. The number of hydrogen-bond acceptors (Lipinski definition) is 8. The summed E-state index contributed by atoms with van der Waals surface area (Å²) in [5.74, 6) is 1.32. The Morgan fingerprint density at radius 3 is 2.66 bits per heavy atom. The van der Waals surface area contributed by atoms with Gasteiger partial charge in [-0.3, -0.25) is 0 Å². The fourth-order valence-corrected chi connectivity index (χ4v) is 4.29. The molecule has 3 aromatic rings. The SMILES string of the molecule is COc1cc(-c2ccc(-c3ccc(N4CC[C@H](N[C@H]5C[C@H](F)C5)C4)nn3)c(O)c2)cnn1. The van der Waals surface area contributed by atoms with E-state index < -0.39 is 6.17 Å². The van der Waals surface area contributed by atoms with Gasteiger partial charge < -0.3 is 20.1 Å². The Labute approximate surface area is 185 Å². The third kappa shape index (κ3) is 4.20. The van der Waals surface area contributed by atoms with E-state index in [1.165, 1.54) is 7.11 Å². The van der Waals surface area contributed by atoms with Crippen molar-refractivity contribution in [2.75, 3.05) is 25.1 Å². The molecule has 0 bridgehead atoms. The Balaban J connectivity index is 1.27. The molecule has 2 aliphatic rings. The second kappa shape index (κ2) is 8.66. The first-order valence-corrected chi connectivity index (χ1v) is 10.8. The van der Waals surface area contributed by atoms with E-state index in [-0.39, 0.29) is 5.75 Å². The van der Waals surface area contributed by atoms with Crippen LogP contribution in [0, 0.1) is 0 Å². The number of benzene rings is 1. The zero-order valence-electron chi connectivity index (χ0n) is 17.8. The molecule has 9 heteroatoms. The minimum absolute atomic E-state index is 0.109. The third-order valence-corrected chi connectivity index (χ3v) is 6.16. The number of aromatic hydroxyl groups is 1. The van der Waals surface area contributed by atoms with Crippen LogP contribution in [0.5, 0.6) is 11.6 Å². The summed E-state index contributed by atoms with van der Waals surface area (Å²) in [7, 11) is 1.53. The van der Waals surface area contributed by atoms with Crippen molar-refractivity contribution < 1.29 is 14.2 Å². The molecule has 2 aromatic heterocycles. The number of ether oxygens (including phenoxy) is 1. The van der Waals surface area contributed by atoms with Crippen molar-refractivity contribution in [2.24, 2.45) is 0 Å². The maximum absolute atomic E-state index is 13.0. The lowest BCUT2D eigenvalue weighted by molar-refractivity contribution is 0.148. The van der Waals surface area contributed by atoms with Crippen molar-refractivity contribution in [2.45, 2.75) is 37.5 Å². The smallest absolute Gasteiger partial charge is 0.233 e. The first-order chi connectivity index (χ1) is 15.6. The largest absolute Gasteiger partial charge is 0.507 e. The summed E-state index contributed by atoms with van der Waals surface area (Å²) in [6, 6.07) is 11.6. The predicted molar refractivity (Wildman–Crippen MR) is 118 cm³/mol. The fraction of sp³-hybridized carbons (Fsp3) is 0.391. The number of alkyl halides is 1. The molecular formula is C23H25FN6O2. The lowest BCUT2D eigenvalue weighted by Crippen LogP contribution is -2.48. The summed E-state index contributed by atoms with van der Waals surface area (Å²) in [6.45, 7) is 1.73. The van der Waals surface area contributed by atoms with Gasteiger partial charge in [-0.1, -0.05) is 6.07 Å². The van der Waals surface area contributed by atoms with Gasteiger partial charge in [0.15, 0.2) is 5.82 Å². The monoisotopic (exact) mass is 436 g/mol. The number of rotatable bonds is 6. The Hall–Kier alpha value is -3.33. The maximum Gasteiger partial charge on any atom is 0.233 e. The number of phenolic OH excluding ortho intramolecular Hbond substituents is 1. The van der Waals surface area contributed by atoms with Crippen molar-refractivity contribution in [1.82, 2.24) is 25.7 Å². The molecule has 0 spiro atoms. The molecular weight excluding hydrogens is 411 g/mol. The van der Waals surface area contributed by atoms with Crippen LogP contribution >= 0.6 is 0 Å². The normalized spacial score (nSPS) is 22.6. The van der Waals surface area contributed by atoms with Gasteiger partial charge in [0.05, 0.1) is 19.0 Å². The highest BCUT2D eigenvalue weighted by molar-refractivity contribution is 5.74. The van der Waals surface area contributed by atoms with Crippen molar-refractivity contribution in [1.29, 1.82) is 0 Å². The first-order valence-electron chi connectivity index (χ1n) is 10.8. The molecule has 1 aliphatic heterocycles. The number of nitrogens with one attached hydrogen (secondary N) is 1. The summed E-state index contributed by atoms with van der Waals surface area (Å²) in [5.41, 5.74) is 2.79. The summed E-state index contributed by atoms with van der Waals surface area (Å²) < 4.78 is 18.1. The second-order valence-electron chi connectivity index (χ2n) is 8.36. The van der Waals surface area contributed by atoms with Crippen LogP contribution in [-0.2, 0) is 0 Å². The van der Waals surface area contributed by atoms with Gasteiger partial charge in [0, 0.05) is 42.4 Å². The standard InChI is InChI=1S/C23H25FN6O2/c1-32-23-9-15(12-25-29-23)14-2-3-19(21(31)8-14)20-4-5-22(28-27-20)30-7-6-17(13-30)26-18-10-16(24)11-18/h2-5,8-9,12,16-18,26,31H,6-7,10-11,13H2,1H3/t16-,17-,18-/m0/s1. The van der Waals surface area contributed by atoms with E-state index in [4.69, 9.17) is 4.74 Å². The molecule has 1 atom stereocenters. The topological polar surface area (TPSA) is 96.3 Å². The first kappa shape index (κ1) is 20.6. The van der Waals surface area contributed by atoms with Crippen molar-refractivity contribution in [3.63, 3.8) is 0 Å². The van der Waals surface area contributed by atoms with Gasteiger partial charge in [-0.2, -0.15) is 5.10 Å². The van der Waals surface area contributed by atoms with Crippen LogP contribution < -0.4 is 15.0 Å². The van der Waals surface area contributed by atoms with Gasteiger partial charge >= 0.3 is 0 Å². The minimum atomic E-state index is -0.641. The van der Waals surface area contributed by atoms with E-state index in [1.807, 2.05) is 24.3 Å². The quantitative estimate of drug-likeness (QED) is 0.609. The fourth-order valence-electron chi connectivity index (χ4n) is 4.29. The highest BCUT2D eigenvalue weighted by Crippen LogP contribution is 2.33. The average molecular weight is 436 g/mol. The molecule has 2 N–H and O–H groups in total. The van der Waals surface area contributed by atoms with E-state index in [0.29, 0.717) is 42.1 Å². The van der Waals surface area contributed by atoms with Gasteiger partial charge in [0.1, 0.15) is 11.9 Å². The zero-order chi connectivity index (χ0) is 22.1. The Morgan fingerprint density at radius 2 is 1.94 bits per heavy atom. The third-order valence-electron chi connectivity index (χ3n) is 6.16. The van der Waals surface area contributed by atoms with Crippen LogP contribution in [0.1, 0.15) is 19.3 Å². The van der Waals surface area contributed by atoms with Crippen molar-refractivity contribution in [3.8, 4) is 34.0 Å². The molecule has 0 amide bonds. The van der Waals surface area contributed by atoms with Crippen LogP contribution in [0.3, 0.4) is 0 Å². The van der Waals surface area contributed by atoms with E-state index in [2.05, 4.69) is 30.6 Å². The Bertz CT molecular complexity index is 1090. The minimum Gasteiger partial charge on any atom is -0.507 e. The summed E-state index contributed by atoms with van der Waals surface area (Å²) in [4.78, 5) is 2.19. The molecule has 3 heterocycles. The van der Waals surface area contributed by atoms with Crippen LogP contribution in [0.4, 0.5) is 10.2 Å². The molecule has 32 heavy (non-hydrogen) atoms. The van der Waals surface area contributed by atoms with Gasteiger partial charge in [-0.05, 0) is 49.1 Å². The average Bonchev–Trinajstić information content (AvgIpc) is 3.27. The molecule has 166 valence electrons. The molecule has 2 fully saturated rings. The Kier molecular flexibility index (Phi) is 5.57. The van der Waals surface area contributed by atoms with E-state index in [0.717, 1.165) is 36.5 Å². The van der Waals surface area contributed by atoms with Crippen LogP contribution in [0.15, 0.2) is 42.6 Å². The number of phenols is 1. The number of halogens is 1. The highest BCUT2D eigenvalue weighted by Gasteiger charge is 2.33. The van der Waals surface area contributed by atoms with Gasteiger partial charge in [-0.15, -0.1) is 15.3 Å². The number of methoxy groups -OCH3 is 1. The van der Waals surface area contributed by atoms with E-state index in [9.17, 15) is 9.50 Å². The van der Waals surface area contributed by atoms with Gasteiger partial charge in [0.2, 0.25) is 5.88 Å². The summed E-state index contributed by atoms with van der Waals surface area (Å²) >= 11 is 0. The molecule has 5 rings (SSSR count). The number of hydrogen-bond donors (Lipinski definition) is 2. The number of aromatic nitrogens is 4. The molecule has 1 aromatic carbocycles. The second-order valence-corrected chi connectivity index (χ2v) is 8.36. The number of nitrogens with zero attached hydrogens (tertiary/aromatic N) is 5. The van der Waals surface area contributed by atoms with Crippen LogP contribution in [0.2, 0.25) is 0 Å². The van der Waals surface area contributed by atoms with E-state index in [1.54, 1.807) is 18.3 Å². The molecule has 1 saturated heterocycles. The van der Waals surface area contributed by atoms with E-state index >= 15 is 0 Å². The highest BCUT2D eigenvalue weighted by atomic mass is 19.1. The summed E-state index contributed by atoms with van der Waals surface area (Å²) in [5, 5.41) is 30.6. The molecule has 0 radical (unpaired) electrons. The molecule has 1 saturated carbocycles. The number of anilines is 1.